The van der Waals surface area contributed by atoms with Gasteiger partial charge in [0.05, 0.1) is 42.3 Å². The van der Waals surface area contributed by atoms with Gasteiger partial charge >= 0.3 is 11.9 Å². The van der Waals surface area contributed by atoms with Crippen molar-refractivity contribution in [3.8, 4) is 11.5 Å². The Morgan fingerprint density at radius 3 is 2.51 bits per heavy atom. The van der Waals surface area contributed by atoms with Crippen LogP contribution in [0, 0.1) is 5.92 Å². The summed E-state index contributed by atoms with van der Waals surface area (Å²) in [5, 5.41) is 0. The summed E-state index contributed by atoms with van der Waals surface area (Å²) in [6.45, 7) is 7.00. The summed E-state index contributed by atoms with van der Waals surface area (Å²) in [7, 11) is 3.09. The maximum absolute atomic E-state index is 14.2. The van der Waals surface area contributed by atoms with Gasteiger partial charge in [0.2, 0.25) is 0 Å². The quantitative estimate of drug-likeness (QED) is 0.328. The number of amides is 1. The Balaban J connectivity index is 1.77. The van der Waals surface area contributed by atoms with Crippen molar-refractivity contribution in [1.82, 2.24) is 4.57 Å². The lowest BCUT2D eigenvalue weighted by Gasteiger charge is -2.25. The van der Waals surface area contributed by atoms with Crippen molar-refractivity contribution in [2.45, 2.75) is 33.7 Å². The van der Waals surface area contributed by atoms with Crippen LogP contribution in [0.3, 0.4) is 0 Å². The summed E-state index contributed by atoms with van der Waals surface area (Å²) in [6.07, 6.45) is 0. The van der Waals surface area contributed by atoms with Crippen LogP contribution in [0.15, 0.2) is 63.5 Å². The maximum Gasteiger partial charge on any atom is 0.338 e. The van der Waals surface area contributed by atoms with Crippen LogP contribution in [0.2, 0.25) is 0 Å². The molecule has 0 aliphatic carbocycles. The number of carbonyl (C=O) groups is 3. The van der Waals surface area contributed by atoms with E-state index in [0.29, 0.717) is 32.9 Å². The molecule has 5 rings (SSSR count). The number of thiazole rings is 1. The molecule has 0 bridgehead atoms. The van der Waals surface area contributed by atoms with Crippen molar-refractivity contribution in [3.63, 3.8) is 0 Å². The number of allylic oxidation sites excluding steroid dienone is 1. The van der Waals surface area contributed by atoms with Gasteiger partial charge in [-0.2, -0.15) is 0 Å². The smallest absolute Gasteiger partial charge is 0.338 e. The number of hydrogen-bond acceptors (Lipinski definition) is 9. The van der Waals surface area contributed by atoms with Gasteiger partial charge in [-0.1, -0.05) is 49.4 Å². The number of anilines is 1. The molecule has 0 fully saturated rings. The first-order chi connectivity index (χ1) is 19.5. The molecule has 1 atom stereocenters. The van der Waals surface area contributed by atoms with Crippen LogP contribution in [-0.2, 0) is 19.1 Å². The van der Waals surface area contributed by atoms with E-state index in [1.54, 1.807) is 38.2 Å². The molecule has 3 heterocycles. The number of carbonyl (C=O) groups excluding carboxylic acids is 3. The number of aromatic nitrogens is 1. The minimum atomic E-state index is -0.940. The monoisotopic (exact) mass is 575 g/mol. The van der Waals surface area contributed by atoms with Gasteiger partial charge in [-0.05, 0) is 36.6 Å². The second kappa shape index (κ2) is 10.8. The third kappa shape index (κ3) is 4.86. The fraction of sp³-hybridized carbons (Fsp3) is 0.300. The van der Waals surface area contributed by atoms with Gasteiger partial charge in [0.25, 0.3) is 11.5 Å². The average molecular weight is 576 g/mol. The fourth-order valence-electron chi connectivity index (χ4n) is 4.95. The van der Waals surface area contributed by atoms with Gasteiger partial charge in [0, 0.05) is 19.5 Å². The van der Waals surface area contributed by atoms with Crippen LogP contribution in [0.5, 0.6) is 11.5 Å². The van der Waals surface area contributed by atoms with Gasteiger partial charge in [-0.15, -0.1) is 0 Å². The Morgan fingerprint density at radius 2 is 1.83 bits per heavy atom. The van der Waals surface area contributed by atoms with Crippen LogP contribution in [-0.4, -0.2) is 43.2 Å². The minimum Gasteiger partial charge on any atom is -0.493 e. The zero-order valence-corrected chi connectivity index (χ0v) is 24.3. The topological polar surface area (TPSA) is 117 Å². The van der Waals surface area contributed by atoms with Crippen molar-refractivity contribution in [2.75, 3.05) is 25.7 Å². The van der Waals surface area contributed by atoms with Gasteiger partial charge in [0.1, 0.15) is 4.53 Å². The highest BCUT2D eigenvalue weighted by atomic mass is 32.1. The Morgan fingerprint density at radius 1 is 1.10 bits per heavy atom. The number of ether oxygens (including phenoxy) is 3. The molecule has 1 amide bonds. The number of benzene rings is 2. The van der Waals surface area contributed by atoms with E-state index in [9.17, 15) is 19.2 Å². The number of rotatable bonds is 6. The molecule has 10 nitrogen and oxygen atoms in total. The molecular formula is C30H29N3O7S. The van der Waals surface area contributed by atoms with Gasteiger partial charge in [-0.3, -0.25) is 19.0 Å². The van der Waals surface area contributed by atoms with E-state index in [4.69, 9.17) is 14.2 Å². The molecule has 0 saturated heterocycles. The van der Waals surface area contributed by atoms with Crippen molar-refractivity contribution in [3.05, 3.63) is 84.5 Å². The summed E-state index contributed by atoms with van der Waals surface area (Å²) in [4.78, 5) is 59.1. The standard InChI is InChI=1S/C30H29N3O7S/c1-15(2)14-39-29(37)23-16(3)31-30-33(25(23)18-11-12-21(40-17(4)34)22(13-18)38-6)28(36)26(41-30)24-19-9-7-8-10-20(19)32(5)27(24)35/h7-13,15,25H,14H2,1-6H3. The zero-order chi connectivity index (χ0) is 29.6. The number of methoxy groups -OCH3 is 1. The fourth-order valence-corrected chi connectivity index (χ4v) is 6.09. The molecule has 1 unspecified atom stereocenters. The SMILES string of the molecule is COc1cc(C2C(C(=O)OCC(C)C)=C(C)N=c3sc(=C4C(=O)N(C)c5ccccc54)c(=O)n32)ccc1OC(C)=O. The summed E-state index contributed by atoms with van der Waals surface area (Å²) < 4.78 is 18.0. The van der Waals surface area contributed by atoms with Crippen molar-refractivity contribution < 1.29 is 28.6 Å². The molecular weight excluding hydrogens is 546 g/mol. The normalized spacial score (nSPS) is 17.3. The highest BCUT2D eigenvalue weighted by Gasteiger charge is 2.37. The molecule has 1 aromatic heterocycles. The first-order valence-electron chi connectivity index (χ1n) is 13.0. The molecule has 2 aromatic carbocycles. The molecule has 212 valence electrons. The van der Waals surface area contributed by atoms with Gasteiger partial charge in [0.15, 0.2) is 16.3 Å². The molecule has 2 aliphatic rings. The lowest BCUT2D eigenvalue weighted by atomic mass is 9.95. The third-order valence-corrected chi connectivity index (χ3v) is 7.86. The number of para-hydroxylation sites is 1. The van der Waals surface area contributed by atoms with Crippen molar-refractivity contribution in [1.29, 1.82) is 0 Å². The number of fused-ring (bicyclic) bond motifs is 2. The lowest BCUT2D eigenvalue weighted by molar-refractivity contribution is -0.140. The Bertz CT molecular complexity index is 1820. The Hall–Kier alpha value is -4.51. The average Bonchev–Trinajstić information content (AvgIpc) is 3.38. The predicted octanol–water partition coefficient (Wildman–Crippen LogP) is 2.71. The number of nitrogens with zero attached hydrogens (tertiary/aromatic N) is 3. The summed E-state index contributed by atoms with van der Waals surface area (Å²) in [6, 6.07) is 11.2. The van der Waals surface area contributed by atoms with Crippen molar-refractivity contribution >= 4 is 40.4 Å². The maximum atomic E-state index is 14.2. The molecule has 2 aliphatic heterocycles. The van der Waals surface area contributed by atoms with E-state index in [1.165, 1.54) is 23.5 Å². The zero-order valence-electron chi connectivity index (χ0n) is 23.5. The van der Waals surface area contributed by atoms with Crippen LogP contribution in [0.4, 0.5) is 5.69 Å². The lowest BCUT2D eigenvalue weighted by Crippen LogP contribution is -2.41. The Kier molecular flexibility index (Phi) is 7.39. The molecule has 0 radical (unpaired) electrons. The molecule has 0 spiro atoms. The van der Waals surface area contributed by atoms with Crippen LogP contribution in [0.1, 0.15) is 44.9 Å². The summed E-state index contributed by atoms with van der Waals surface area (Å²) in [5.74, 6) is -0.894. The van der Waals surface area contributed by atoms with Gasteiger partial charge < -0.3 is 19.1 Å². The number of likely N-dealkylation sites (N-methyl/N-ethyl adjacent to an activating group) is 1. The second-order valence-electron chi connectivity index (χ2n) is 10.2. The predicted molar refractivity (Wildman–Crippen MR) is 153 cm³/mol. The van der Waals surface area contributed by atoms with E-state index in [0.717, 1.165) is 11.3 Å². The largest absolute Gasteiger partial charge is 0.493 e. The summed E-state index contributed by atoms with van der Waals surface area (Å²) in [5.41, 5.74) is 2.27. The van der Waals surface area contributed by atoms with E-state index >= 15 is 0 Å². The first kappa shape index (κ1) is 28.0. The highest BCUT2D eigenvalue weighted by molar-refractivity contribution is 7.07. The van der Waals surface area contributed by atoms with Crippen LogP contribution >= 0.6 is 11.3 Å². The summed E-state index contributed by atoms with van der Waals surface area (Å²) >= 11 is 1.10. The number of esters is 2. The molecule has 41 heavy (non-hydrogen) atoms. The number of hydrogen-bond donors (Lipinski definition) is 0. The van der Waals surface area contributed by atoms with E-state index in [-0.39, 0.29) is 40.0 Å². The van der Waals surface area contributed by atoms with Crippen molar-refractivity contribution in [2.24, 2.45) is 10.9 Å². The van der Waals surface area contributed by atoms with E-state index in [1.807, 2.05) is 32.0 Å². The molecule has 11 heteroatoms. The van der Waals surface area contributed by atoms with Crippen LogP contribution in [0.25, 0.3) is 5.57 Å². The Labute approximate surface area is 239 Å². The van der Waals surface area contributed by atoms with E-state index < -0.39 is 23.5 Å². The first-order valence-corrected chi connectivity index (χ1v) is 13.8. The second-order valence-corrected chi connectivity index (χ2v) is 11.1. The van der Waals surface area contributed by atoms with E-state index in [2.05, 4.69) is 4.99 Å². The van der Waals surface area contributed by atoms with Crippen LogP contribution < -0.4 is 29.3 Å². The third-order valence-electron chi connectivity index (χ3n) is 6.80. The van der Waals surface area contributed by atoms with Gasteiger partial charge in [-0.25, -0.2) is 9.79 Å². The molecule has 0 saturated carbocycles. The highest BCUT2D eigenvalue weighted by Crippen LogP contribution is 2.37. The minimum absolute atomic E-state index is 0.0924. The molecule has 3 aromatic rings. The molecule has 0 N–H and O–H groups in total.